The molecule has 2 aliphatic carbocycles. The first-order chi connectivity index (χ1) is 14.2. The Morgan fingerprint density at radius 2 is 1.57 bits per heavy atom. The lowest BCUT2D eigenvalue weighted by Crippen LogP contribution is -2.63. The summed E-state index contributed by atoms with van der Waals surface area (Å²) in [6, 6.07) is 17.4. The van der Waals surface area contributed by atoms with Crippen LogP contribution in [0.15, 0.2) is 48.5 Å². The van der Waals surface area contributed by atoms with Crippen LogP contribution in [0, 0.1) is 5.92 Å². The van der Waals surface area contributed by atoms with Gasteiger partial charge in [0.1, 0.15) is 12.1 Å². The van der Waals surface area contributed by atoms with E-state index in [0.717, 1.165) is 28.3 Å². The summed E-state index contributed by atoms with van der Waals surface area (Å²) in [4.78, 5) is 24.4. The van der Waals surface area contributed by atoms with E-state index in [9.17, 15) is 14.7 Å². The number of hydrogen-bond acceptors (Lipinski definition) is 3. The Morgan fingerprint density at radius 3 is 2.07 bits per heavy atom. The third-order valence-electron chi connectivity index (χ3n) is 6.27. The Labute approximate surface area is 178 Å². The number of amides is 1. The topological polar surface area (TPSA) is 75.6 Å². The number of hydrogen-bond donors (Lipinski definition) is 2. The molecule has 30 heavy (non-hydrogen) atoms. The van der Waals surface area contributed by atoms with Gasteiger partial charge in [-0.2, -0.15) is 0 Å². The normalized spacial score (nSPS) is 22.6. The van der Waals surface area contributed by atoms with Crippen LogP contribution in [0.2, 0.25) is 25.7 Å². The molecule has 2 aromatic carbocycles. The van der Waals surface area contributed by atoms with Gasteiger partial charge in [0.25, 0.3) is 0 Å². The first kappa shape index (κ1) is 20.7. The molecular formula is C24H29NO4Si. The van der Waals surface area contributed by atoms with Gasteiger partial charge in [-0.05, 0) is 41.0 Å². The summed E-state index contributed by atoms with van der Waals surface area (Å²) in [6.07, 6.45) is 0.318. The molecule has 0 aliphatic heterocycles. The van der Waals surface area contributed by atoms with Gasteiger partial charge in [0.15, 0.2) is 0 Å². The zero-order valence-electron chi connectivity index (χ0n) is 17.8. The minimum absolute atomic E-state index is 0.0371. The number of fused-ring (bicyclic) bond motifs is 3. The second-order valence-corrected chi connectivity index (χ2v) is 15.4. The Hall–Kier alpha value is -2.60. The molecule has 0 spiro atoms. The fourth-order valence-corrected chi connectivity index (χ4v) is 7.12. The van der Waals surface area contributed by atoms with Crippen molar-refractivity contribution in [1.29, 1.82) is 0 Å². The maximum atomic E-state index is 12.5. The summed E-state index contributed by atoms with van der Waals surface area (Å²) >= 11 is 0. The standard InChI is InChI=1S/C24H29NO4Si/c1-30(2,3)15-16-12-24(13-16,22(26)27)25-23(28)29-14-21-19-10-6-4-8-17(19)18-9-5-7-11-20(18)21/h4-11,16,21H,12-15H2,1-3H3,(H,25,28)(H,26,27). The molecule has 2 aliphatic rings. The summed E-state index contributed by atoms with van der Waals surface area (Å²) in [5, 5.41) is 12.4. The molecule has 0 aromatic heterocycles. The van der Waals surface area contributed by atoms with Gasteiger partial charge in [0.2, 0.25) is 0 Å². The number of carbonyl (C=O) groups excluding carboxylic acids is 1. The third-order valence-corrected chi connectivity index (χ3v) is 8.07. The van der Waals surface area contributed by atoms with Crippen molar-refractivity contribution in [3.63, 3.8) is 0 Å². The van der Waals surface area contributed by atoms with E-state index >= 15 is 0 Å². The van der Waals surface area contributed by atoms with Crippen LogP contribution in [0.3, 0.4) is 0 Å². The monoisotopic (exact) mass is 423 g/mol. The number of nitrogens with one attached hydrogen (secondary N) is 1. The minimum Gasteiger partial charge on any atom is -0.480 e. The highest BCUT2D eigenvalue weighted by Crippen LogP contribution is 2.45. The lowest BCUT2D eigenvalue weighted by atomic mass is 9.69. The fraction of sp³-hybridized carbons (Fsp3) is 0.417. The van der Waals surface area contributed by atoms with Crippen molar-refractivity contribution in [3.05, 3.63) is 59.7 Å². The van der Waals surface area contributed by atoms with Gasteiger partial charge in [-0.3, -0.25) is 0 Å². The van der Waals surface area contributed by atoms with E-state index in [1.807, 2.05) is 24.3 Å². The molecule has 0 heterocycles. The maximum absolute atomic E-state index is 12.5. The number of carboxylic acid groups (broad SMARTS) is 1. The highest BCUT2D eigenvalue weighted by Gasteiger charge is 2.52. The Balaban J connectivity index is 1.41. The van der Waals surface area contributed by atoms with Crippen LogP contribution in [0.1, 0.15) is 29.9 Å². The molecular weight excluding hydrogens is 394 g/mol. The zero-order valence-corrected chi connectivity index (χ0v) is 18.8. The zero-order chi connectivity index (χ0) is 21.5. The molecule has 0 radical (unpaired) electrons. The quantitative estimate of drug-likeness (QED) is 0.634. The minimum atomic E-state index is -1.26. The number of rotatable bonds is 6. The van der Waals surface area contributed by atoms with E-state index in [2.05, 4.69) is 49.2 Å². The summed E-state index contributed by atoms with van der Waals surface area (Å²) in [6.45, 7) is 7.04. The predicted octanol–water partition coefficient (Wildman–Crippen LogP) is 5.10. The molecule has 0 bridgehead atoms. The number of carbonyl (C=O) groups is 2. The lowest BCUT2D eigenvalue weighted by Gasteiger charge is -2.46. The molecule has 158 valence electrons. The van der Waals surface area contributed by atoms with Crippen molar-refractivity contribution in [1.82, 2.24) is 5.32 Å². The summed E-state index contributed by atoms with van der Waals surface area (Å²) in [7, 11) is -1.26. The van der Waals surface area contributed by atoms with Crippen molar-refractivity contribution < 1.29 is 19.4 Å². The molecule has 1 amide bonds. The van der Waals surface area contributed by atoms with E-state index in [1.165, 1.54) is 0 Å². The maximum Gasteiger partial charge on any atom is 0.408 e. The molecule has 1 fully saturated rings. The number of carboxylic acids is 1. The van der Waals surface area contributed by atoms with Gasteiger partial charge in [-0.25, -0.2) is 9.59 Å². The predicted molar refractivity (Wildman–Crippen MR) is 119 cm³/mol. The van der Waals surface area contributed by atoms with Crippen LogP contribution < -0.4 is 5.32 Å². The number of alkyl carbamates (subject to hydrolysis) is 1. The van der Waals surface area contributed by atoms with Crippen LogP contribution in [-0.4, -0.2) is 37.4 Å². The van der Waals surface area contributed by atoms with Crippen molar-refractivity contribution >= 4 is 20.1 Å². The van der Waals surface area contributed by atoms with Gasteiger partial charge in [0, 0.05) is 14.0 Å². The van der Waals surface area contributed by atoms with E-state index in [-0.39, 0.29) is 12.5 Å². The molecule has 2 aromatic rings. The van der Waals surface area contributed by atoms with Gasteiger partial charge in [-0.1, -0.05) is 74.2 Å². The summed E-state index contributed by atoms with van der Waals surface area (Å²) < 4.78 is 5.55. The highest BCUT2D eigenvalue weighted by molar-refractivity contribution is 6.76. The second kappa shape index (κ2) is 7.58. The summed E-state index contributed by atoms with van der Waals surface area (Å²) in [5.74, 6) is -0.644. The van der Waals surface area contributed by atoms with Crippen molar-refractivity contribution in [2.24, 2.45) is 5.92 Å². The molecule has 2 N–H and O–H groups in total. The lowest BCUT2D eigenvalue weighted by molar-refractivity contribution is -0.150. The van der Waals surface area contributed by atoms with Crippen LogP contribution >= 0.6 is 0 Å². The van der Waals surface area contributed by atoms with Crippen molar-refractivity contribution in [2.45, 2.75) is 50.0 Å². The molecule has 5 nitrogen and oxygen atoms in total. The SMILES string of the molecule is C[Si](C)(C)CC1CC(NC(=O)OCC2c3ccccc3-c3ccccc32)(C(=O)O)C1. The number of benzene rings is 2. The Kier molecular flexibility index (Phi) is 5.22. The molecule has 1 saturated carbocycles. The Bertz CT molecular complexity index is 930. The molecule has 4 rings (SSSR count). The van der Waals surface area contributed by atoms with Gasteiger partial charge in [0.05, 0.1) is 0 Å². The first-order valence-electron chi connectivity index (χ1n) is 10.6. The average molecular weight is 424 g/mol. The van der Waals surface area contributed by atoms with Crippen molar-refractivity contribution in [2.75, 3.05) is 6.61 Å². The molecule has 0 unspecified atom stereocenters. The van der Waals surface area contributed by atoms with Gasteiger partial charge < -0.3 is 15.2 Å². The molecule has 0 atom stereocenters. The summed E-state index contributed by atoms with van der Waals surface area (Å²) in [5.41, 5.74) is 3.42. The molecule has 0 saturated heterocycles. The van der Waals surface area contributed by atoms with Crippen LogP contribution in [-0.2, 0) is 9.53 Å². The van der Waals surface area contributed by atoms with Gasteiger partial charge in [-0.15, -0.1) is 0 Å². The van der Waals surface area contributed by atoms with E-state index in [4.69, 9.17) is 4.74 Å². The van der Waals surface area contributed by atoms with E-state index in [1.54, 1.807) is 0 Å². The number of aliphatic carboxylic acids is 1. The number of ether oxygens (including phenoxy) is 1. The molecule has 6 heteroatoms. The van der Waals surface area contributed by atoms with Crippen LogP contribution in [0.25, 0.3) is 11.1 Å². The second-order valence-electron chi connectivity index (χ2n) is 9.88. The van der Waals surface area contributed by atoms with Gasteiger partial charge >= 0.3 is 12.1 Å². The van der Waals surface area contributed by atoms with Crippen molar-refractivity contribution in [3.8, 4) is 11.1 Å². The van der Waals surface area contributed by atoms with E-state index < -0.39 is 25.7 Å². The highest BCUT2D eigenvalue weighted by atomic mass is 28.3. The largest absolute Gasteiger partial charge is 0.480 e. The van der Waals surface area contributed by atoms with E-state index in [0.29, 0.717) is 18.8 Å². The van der Waals surface area contributed by atoms with Crippen LogP contribution in [0.4, 0.5) is 4.79 Å². The average Bonchev–Trinajstić information content (AvgIpc) is 2.97. The fourth-order valence-electron chi connectivity index (χ4n) is 5.10. The smallest absolute Gasteiger partial charge is 0.408 e. The van der Waals surface area contributed by atoms with Crippen LogP contribution in [0.5, 0.6) is 0 Å². The third kappa shape index (κ3) is 3.88. The Morgan fingerprint density at radius 1 is 1.03 bits per heavy atom. The first-order valence-corrected chi connectivity index (χ1v) is 14.3.